The second-order valence-corrected chi connectivity index (χ2v) is 18.8. The van der Waals surface area contributed by atoms with Crippen LogP contribution in [0.1, 0.15) is 239 Å². The van der Waals surface area contributed by atoms with Gasteiger partial charge in [0.1, 0.15) is 5.54 Å². The van der Waals surface area contributed by atoms with Crippen LogP contribution in [0.5, 0.6) is 0 Å². The molecule has 2 rings (SSSR count). The van der Waals surface area contributed by atoms with Gasteiger partial charge in [0.25, 0.3) is 0 Å². The van der Waals surface area contributed by atoms with Gasteiger partial charge in [-0.15, -0.1) is 0 Å². The molecule has 2 aliphatic carbocycles. The Balaban J connectivity index is 1.89. The van der Waals surface area contributed by atoms with Crippen molar-refractivity contribution in [2.24, 2.45) is 5.92 Å². The molecule has 0 unspecified atom stereocenters. The normalized spacial score (nSPS) is 16.1. The van der Waals surface area contributed by atoms with Gasteiger partial charge >= 0.3 is 0 Å². The summed E-state index contributed by atoms with van der Waals surface area (Å²) in [5, 5.41) is 3.48. The van der Waals surface area contributed by atoms with Crippen molar-refractivity contribution >= 4 is 11.8 Å². The Morgan fingerprint density at radius 3 is 1.41 bits per heavy atom. The van der Waals surface area contributed by atoms with E-state index in [0.717, 1.165) is 83.6 Å². The molecule has 59 heavy (non-hydrogen) atoms. The van der Waals surface area contributed by atoms with E-state index >= 15 is 0 Å². The molecule has 0 aliphatic heterocycles. The summed E-state index contributed by atoms with van der Waals surface area (Å²) in [5.74, 6) is 0.466. The first kappa shape index (κ1) is 53.0. The maximum atomic E-state index is 14.8. The molecule has 0 aromatic heterocycles. The molecule has 0 bridgehead atoms. The van der Waals surface area contributed by atoms with Gasteiger partial charge < -0.3 is 15.1 Å². The number of carbonyl (C=O) groups is 2. The maximum Gasteiger partial charge on any atom is 0.246 e. The van der Waals surface area contributed by atoms with Crippen LogP contribution in [0.15, 0.2) is 48.6 Å². The Kier molecular flexibility index (Phi) is 32.8. The summed E-state index contributed by atoms with van der Waals surface area (Å²) in [6.45, 7) is 6.16. The van der Waals surface area contributed by atoms with Crippen LogP contribution in [0, 0.1) is 5.92 Å². The zero-order valence-corrected chi connectivity index (χ0v) is 39.6. The summed E-state index contributed by atoms with van der Waals surface area (Å²) in [6, 6.07) is 0.278. The molecule has 1 N–H and O–H groups in total. The summed E-state index contributed by atoms with van der Waals surface area (Å²) >= 11 is 0. The second-order valence-electron chi connectivity index (χ2n) is 18.8. The van der Waals surface area contributed by atoms with Crippen LogP contribution in [-0.2, 0) is 9.59 Å². The van der Waals surface area contributed by atoms with Gasteiger partial charge in [-0.1, -0.05) is 172 Å². The first-order valence-electron chi connectivity index (χ1n) is 25.8. The molecule has 0 radical (unpaired) electrons. The van der Waals surface area contributed by atoms with E-state index in [2.05, 4.69) is 91.7 Å². The van der Waals surface area contributed by atoms with Crippen LogP contribution in [0.2, 0.25) is 0 Å². The van der Waals surface area contributed by atoms with E-state index < -0.39 is 5.54 Å². The first-order valence-corrected chi connectivity index (χ1v) is 25.8. The number of amides is 2. The molecule has 340 valence electrons. The van der Waals surface area contributed by atoms with Gasteiger partial charge in [-0.2, -0.15) is 0 Å². The zero-order valence-electron chi connectivity index (χ0n) is 39.6. The van der Waals surface area contributed by atoms with Crippen LogP contribution >= 0.6 is 0 Å². The zero-order chi connectivity index (χ0) is 42.5. The van der Waals surface area contributed by atoms with Crippen LogP contribution < -0.4 is 5.32 Å². The fourth-order valence-electron chi connectivity index (χ4n) is 9.15. The third-order valence-electron chi connectivity index (χ3n) is 13.2. The number of nitrogens with one attached hydrogen (secondary N) is 1. The monoisotopic (exact) mass is 820 g/mol. The molecule has 0 aromatic rings. The molecule has 0 heterocycles. The standard InChI is InChI=1S/C54H97N3O2/c1-5-7-9-11-13-15-17-19-21-23-25-27-29-31-33-36-42-50(43-37-34-32-30-28-26-24-22-20-18-16-14-12-10-8-6-2)52(58)57(49-41-48-56(3)4)54(46-40-47-54)53(59)55-51-44-38-35-39-45-51/h13-16,19-22,50-51H,5-12,17-18,23-49H2,1-4H3,(H,55,59)/b15-13-,16-14-,21-19-,22-20-. The summed E-state index contributed by atoms with van der Waals surface area (Å²) in [5.41, 5.74) is -0.641. The van der Waals surface area contributed by atoms with Gasteiger partial charge in [0, 0.05) is 18.5 Å². The van der Waals surface area contributed by atoms with Crippen molar-refractivity contribution in [2.75, 3.05) is 27.2 Å². The average molecular weight is 820 g/mol. The summed E-state index contributed by atoms with van der Waals surface area (Å²) in [6.07, 6.45) is 59.9. The van der Waals surface area contributed by atoms with E-state index in [0.29, 0.717) is 6.54 Å². The van der Waals surface area contributed by atoms with Crippen molar-refractivity contribution in [3.63, 3.8) is 0 Å². The smallest absolute Gasteiger partial charge is 0.246 e. The van der Waals surface area contributed by atoms with Crippen molar-refractivity contribution in [3.05, 3.63) is 48.6 Å². The van der Waals surface area contributed by atoms with E-state index in [-0.39, 0.29) is 23.8 Å². The predicted octanol–water partition coefficient (Wildman–Crippen LogP) is 15.2. The average Bonchev–Trinajstić information content (AvgIpc) is 3.21. The summed E-state index contributed by atoms with van der Waals surface area (Å²) < 4.78 is 0. The van der Waals surface area contributed by atoms with Gasteiger partial charge in [0.15, 0.2) is 0 Å². The number of allylic oxidation sites excluding steroid dienone is 8. The van der Waals surface area contributed by atoms with Crippen molar-refractivity contribution in [3.8, 4) is 0 Å². The van der Waals surface area contributed by atoms with Gasteiger partial charge in [-0.3, -0.25) is 9.59 Å². The lowest BCUT2D eigenvalue weighted by Gasteiger charge is -2.50. The number of carbonyl (C=O) groups excluding carboxylic acids is 2. The maximum absolute atomic E-state index is 14.8. The van der Waals surface area contributed by atoms with E-state index in [1.165, 1.54) is 148 Å². The Hall–Kier alpha value is -2.14. The minimum Gasteiger partial charge on any atom is -0.351 e. The van der Waals surface area contributed by atoms with E-state index in [9.17, 15) is 9.59 Å². The number of hydrogen-bond acceptors (Lipinski definition) is 3. The lowest BCUT2D eigenvalue weighted by molar-refractivity contribution is -0.158. The topological polar surface area (TPSA) is 52.7 Å². The predicted molar refractivity (Wildman–Crippen MR) is 258 cm³/mol. The molecule has 0 saturated heterocycles. The highest BCUT2D eigenvalue weighted by atomic mass is 16.2. The molecule has 0 aromatic carbocycles. The molecule has 2 fully saturated rings. The quantitative estimate of drug-likeness (QED) is 0.0499. The lowest BCUT2D eigenvalue weighted by atomic mass is 9.73. The Morgan fingerprint density at radius 1 is 0.542 bits per heavy atom. The molecule has 2 aliphatic rings. The minimum absolute atomic E-state index is 0.0333. The van der Waals surface area contributed by atoms with Crippen LogP contribution in [0.3, 0.4) is 0 Å². The molecule has 5 heteroatoms. The molecular formula is C54H97N3O2. The SMILES string of the molecule is CCCCC/C=C\C/C=C\CCCCCCCCC(CCCCCCCC/C=C\C/C=C\CCCCC)C(=O)N(CCCN(C)C)C1(C(=O)NC2CCCCC2)CCC1. The number of unbranched alkanes of at least 4 members (excludes halogenated alkanes) is 18. The van der Waals surface area contributed by atoms with Crippen molar-refractivity contribution in [1.82, 2.24) is 15.1 Å². The van der Waals surface area contributed by atoms with Gasteiger partial charge in [-0.25, -0.2) is 0 Å². The van der Waals surface area contributed by atoms with Gasteiger partial charge in [0.2, 0.25) is 11.8 Å². The van der Waals surface area contributed by atoms with E-state index in [4.69, 9.17) is 0 Å². The number of hydrogen-bond donors (Lipinski definition) is 1. The molecule has 0 spiro atoms. The van der Waals surface area contributed by atoms with Crippen LogP contribution in [0.4, 0.5) is 0 Å². The first-order chi connectivity index (χ1) is 28.9. The van der Waals surface area contributed by atoms with Crippen molar-refractivity contribution in [1.29, 1.82) is 0 Å². The van der Waals surface area contributed by atoms with E-state index in [1.807, 2.05) is 0 Å². The highest BCUT2D eigenvalue weighted by molar-refractivity contribution is 5.93. The van der Waals surface area contributed by atoms with Crippen LogP contribution in [0.25, 0.3) is 0 Å². The summed E-state index contributed by atoms with van der Waals surface area (Å²) in [7, 11) is 4.22. The van der Waals surface area contributed by atoms with Crippen molar-refractivity contribution in [2.45, 2.75) is 250 Å². The molecule has 2 saturated carbocycles. The van der Waals surface area contributed by atoms with Crippen molar-refractivity contribution < 1.29 is 9.59 Å². The largest absolute Gasteiger partial charge is 0.351 e. The fraction of sp³-hybridized carbons (Fsp3) is 0.815. The van der Waals surface area contributed by atoms with Gasteiger partial charge in [-0.05, 0) is 136 Å². The summed E-state index contributed by atoms with van der Waals surface area (Å²) in [4.78, 5) is 33.4. The Morgan fingerprint density at radius 2 is 0.983 bits per heavy atom. The number of rotatable bonds is 38. The third kappa shape index (κ3) is 25.4. The third-order valence-corrected chi connectivity index (χ3v) is 13.2. The van der Waals surface area contributed by atoms with E-state index in [1.54, 1.807) is 0 Å². The molecule has 5 nitrogen and oxygen atoms in total. The minimum atomic E-state index is -0.641. The highest BCUT2D eigenvalue weighted by Crippen LogP contribution is 2.40. The molecular weight excluding hydrogens is 723 g/mol. The second kappa shape index (κ2) is 36.5. The fourth-order valence-corrected chi connectivity index (χ4v) is 9.15. The molecule has 0 atom stereocenters. The van der Waals surface area contributed by atoms with Crippen LogP contribution in [-0.4, -0.2) is 60.4 Å². The Bertz CT molecular complexity index is 1080. The highest BCUT2D eigenvalue weighted by Gasteiger charge is 2.52. The Labute approximate surface area is 367 Å². The van der Waals surface area contributed by atoms with Gasteiger partial charge in [0.05, 0.1) is 0 Å². The number of nitrogens with zero attached hydrogens (tertiary/aromatic N) is 2. The lowest BCUT2D eigenvalue weighted by Crippen LogP contribution is -2.66. The molecule has 2 amide bonds.